The van der Waals surface area contributed by atoms with Crippen molar-refractivity contribution >= 4 is 61.6 Å². The van der Waals surface area contributed by atoms with Gasteiger partial charge < -0.3 is 10.1 Å². The van der Waals surface area contributed by atoms with Crippen LogP contribution in [0.2, 0.25) is 10.0 Å². The molecule has 42 heavy (non-hydrogen) atoms. The Morgan fingerprint density at radius 3 is 2.19 bits per heavy atom. The normalized spacial score (nSPS) is 12.9. The van der Waals surface area contributed by atoms with E-state index in [-0.39, 0.29) is 33.5 Å². The van der Waals surface area contributed by atoms with Gasteiger partial charge in [0.15, 0.2) is 0 Å². The fraction of sp³-hybridized carbons (Fsp3) is 0.259. The summed E-state index contributed by atoms with van der Waals surface area (Å²) in [6, 6.07) is 12.0. The molecular weight excluding hydrogens is 640 g/mol. The van der Waals surface area contributed by atoms with Crippen LogP contribution in [0.3, 0.4) is 0 Å². The first kappa shape index (κ1) is 33.4. The molecule has 0 radical (unpaired) electrons. The van der Waals surface area contributed by atoms with Gasteiger partial charge >= 0.3 is 12.1 Å². The Labute approximate surface area is 253 Å². The van der Waals surface area contributed by atoms with E-state index >= 15 is 0 Å². The molecule has 0 aliphatic heterocycles. The number of rotatable bonds is 9. The summed E-state index contributed by atoms with van der Waals surface area (Å²) in [7, 11) is -6.43. The zero-order valence-corrected chi connectivity index (χ0v) is 25.5. The standard InChI is InChI=1S/C27H25Cl2F3N2O6S2/c1-26(2,3)40-24(35)14-33-25(36)17-6-4-16(5-7-17)15-41(37)23-11-8-18(28)12-22(23)34-42(38,39)19-9-10-21(29)20(13-19)27(30,31)32/h4-13,34H,14-15H2,1-3H3,(H,33,36). The number of carbonyl (C=O) groups is 2. The van der Waals surface area contributed by atoms with Crippen LogP contribution in [0.25, 0.3) is 0 Å². The predicted octanol–water partition coefficient (Wildman–Crippen LogP) is 6.19. The van der Waals surface area contributed by atoms with Gasteiger partial charge in [-0.3, -0.25) is 18.5 Å². The number of anilines is 1. The molecule has 1 amide bonds. The van der Waals surface area contributed by atoms with Crippen LogP contribution < -0.4 is 10.0 Å². The summed E-state index contributed by atoms with van der Waals surface area (Å²) >= 11 is 11.6. The van der Waals surface area contributed by atoms with Crippen LogP contribution in [0.15, 0.2) is 70.5 Å². The smallest absolute Gasteiger partial charge is 0.417 e. The Hall–Kier alpha value is -3.13. The number of halogens is 5. The number of benzene rings is 3. The van der Waals surface area contributed by atoms with E-state index in [1.165, 1.54) is 42.5 Å². The molecule has 0 heterocycles. The first-order chi connectivity index (χ1) is 19.4. The summed E-state index contributed by atoms with van der Waals surface area (Å²) in [5.74, 6) is -1.23. The first-order valence-corrected chi connectivity index (χ1v) is 15.6. The molecule has 0 aliphatic carbocycles. The Morgan fingerprint density at radius 1 is 0.952 bits per heavy atom. The average Bonchev–Trinajstić information content (AvgIpc) is 2.86. The van der Waals surface area contributed by atoms with Crippen LogP contribution >= 0.6 is 23.2 Å². The zero-order valence-electron chi connectivity index (χ0n) is 22.3. The lowest BCUT2D eigenvalue weighted by Crippen LogP contribution is -2.34. The zero-order chi connectivity index (χ0) is 31.5. The summed E-state index contributed by atoms with van der Waals surface area (Å²) < 4.78 is 86.3. The SMILES string of the molecule is CC(C)(C)OC(=O)CNC(=O)c1ccc(CS(=O)c2ccc(Cl)cc2NS(=O)(=O)c2ccc(Cl)c(C(F)(F)F)c2)cc1. The molecule has 0 saturated heterocycles. The molecule has 3 aromatic rings. The molecule has 1 atom stereocenters. The Morgan fingerprint density at radius 2 is 1.60 bits per heavy atom. The number of esters is 1. The van der Waals surface area contributed by atoms with Crippen LogP contribution in [-0.4, -0.2) is 36.6 Å². The van der Waals surface area contributed by atoms with Gasteiger partial charge in [-0.25, -0.2) is 8.42 Å². The van der Waals surface area contributed by atoms with E-state index in [1.54, 1.807) is 20.8 Å². The molecule has 2 N–H and O–H groups in total. The molecule has 3 aromatic carbocycles. The maximum Gasteiger partial charge on any atom is 0.417 e. The van der Waals surface area contributed by atoms with E-state index in [1.807, 2.05) is 0 Å². The second-order valence-electron chi connectivity index (χ2n) is 9.84. The second-order valence-corrected chi connectivity index (χ2v) is 13.8. The third-order valence-corrected chi connectivity index (χ3v) is 8.68. The van der Waals surface area contributed by atoms with Crippen LogP contribution in [0.1, 0.15) is 42.3 Å². The summed E-state index contributed by atoms with van der Waals surface area (Å²) in [6.45, 7) is 4.77. The number of ether oxygens (including phenoxy) is 1. The van der Waals surface area contributed by atoms with E-state index < -0.39 is 60.0 Å². The highest BCUT2D eigenvalue weighted by molar-refractivity contribution is 7.92. The molecule has 226 valence electrons. The van der Waals surface area contributed by atoms with Crippen molar-refractivity contribution in [2.24, 2.45) is 0 Å². The molecule has 0 bridgehead atoms. The highest BCUT2D eigenvalue weighted by Crippen LogP contribution is 2.36. The van der Waals surface area contributed by atoms with Crippen LogP contribution in [0, 0.1) is 0 Å². The molecule has 0 saturated carbocycles. The van der Waals surface area contributed by atoms with Crippen molar-refractivity contribution in [3.63, 3.8) is 0 Å². The molecule has 1 unspecified atom stereocenters. The minimum Gasteiger partial charge on any atom is -0.459 e. The molecule has 0 aliphatic rings. The maximum atomic E-state index is 13.3. The van der Waals surface area contributed by atoms with Crippen LogP contribution in [0.5, 0.6) is 0 Å². The summed E-state index contributed by atoms with van der Waals surface area (Å²) in [5.41, 5.74) is -1.47. The van der Waals surface area contributed by atoms with Gasteiger partial charge in [-0.15, -0.1) is 0 Å². The monoisotopic (exact) mass is 664 g/mol. The van der Waals surface area contributed by atoms with Crippen molar-refractivity contribution in [2.45, 2.75) is 48.1 Å². The molecule has 0 spiro atoms. The number of alkyl halides is 3. The van der Waals surface area contributed by atoms with E-state index in [0.717, 1.165) is 12.1 Å². The molecule has 3 rings (SSSR count). The number of amides is 1. The Balaban J connectivity index is 1.76. The number of sulfonamides is 1. The van der Waals surface area contributed by atoms with Gasteiger partial charge in [-0.2, -0.15) is 13.2 Å². The lowest BCUT2D eigenvalue weighted by Gasteiger charge is -2.19. The Kier molecular flexibility index (Phi) is 10.3. The van der Waals surface area contributed by atoms with E-state index in [0.29, 0.717) is 11.6 Å². The fourth-order valence-corrected chi connectivity index (χ4v) is 6.27. The first-order valence-electron chi connectivity index (χ1n) is 12.0. The number of hydrogen-bond donors (Lipinski definition) is 2. The lowest BCUT2D eigenvalue weighted by molar-refractivity contribution is -0.153. The Bertz CT molecular complexity index is 1620. The van der Waals surface area contributed by atoms with Gasteiger partial charge in [0.05, 0.1) is 42.6 Å². The number of hydrogen-bond acceptors (Lipinski definition) is 6. The summed E-state index contributed by atoms with van der Waals surface area (Å²) in [6.07, 6.45) is -4.89. The van der Waals surface area contributed by atoms with Crippen molar-refractivity contribution in [1.29, 1.82) is 0 Å². The number of carbonyl (C=O) groups excluding carboxylic acids is 2. The maximum absolute atomic E-state index is 13.3. The van der Waals surface area contributed by atoms with Crippen LogP contribution in [0.4, 0.5) is 18.9 Å². The van der Waals surface area contributed by atoms with Crippen molar-refractivity contribution < 1.29 is 40.1 Å². The third-order valence-electron chi connectivity index (χ3n) is 5.31. The van der Waals surface area contributed by atoms with E-state index in [9.17, 15) is 35.4 Å². The molecule has 8 nitrogen and oxygen atoms in total. The van der Waals surface area contributed by atoms with Crippen LogP contribution in [-0.2, 0) is 42.3 Å². The van der Waals surface area contributed by atoms with Gasteiger partial charge in [0.2, 0.25) is 0 Å². The van der Waals surface area contributed by atoms with E-state index in [2.05, 4.69) is 10.0 Å². The minimum atomic E-state index is -4.89. The van der Waals surface area contributed by atoms with Gasteiger partial charge in [-0.1, -0.05) is 35.3 Å². The average molecular weight is 666 g/mol. The molecular formula is C27H25Cl2F3N2O6S2. The summed E-state index contributed by atoms with van der Waals surface area (Å²) in [5, 5.41) is 1.87. The third kappa shape index (κ3) is 9.18. The fourth-order valence-electron chi connectivity index (χ4n) is 3.49. The van der Waals surface area contributed by atoms with Gasteiger partial charge in [-0.05, 0) is 74.9 Å². The topological polar surface area (TPSA) is 119 Å². The van der Waals surface area contributed by atoms with E-state index in [4.69, 9.17) is 27.9 Å². The van der Waals surface area contributed by atoms with Crippen molar-refractivity contribution in [3.05, 3.63) is 87.4 Å². The molecule has 0 fully saturated rings. The van der Waals surface area contributed by atoms with Gasteiger partial charge in [0.25, 0.3) is 15.9 Å². The van der Waals surface area contributed by atoms with Crippen molar-refractivity contribution in [1.82, 2.24) is 5.32 Å². The molecule has 0 aromatic heterocycles. The largest absolute Gasteiger partial charge is 0.459 e. The molecule has 15 heteroatoms. The highest BCUT2D eigenvalue weighted by atomic mass is 35.5. The van der Waals surface area contributed by atoms with Gasteiger partial charge in [0, 0.05) is 10.6 Å². The predicted molar refractivity (Wildman–Crippen MR) is 153 cm³/mol. The second kappa shape index (κ2) is 13.0. The quantitative estimate of drug-likeness (QED) is 0.263. The van der Waals surface area contributed by atoms with Crippen molar-refractivity contribution in [2.75, 3.05) is 11.3 Å². The number of nitrogens with one attached hydrogen (secondary N) is 2. The minimum absolute atomic E-state index is 0.0205. The van der Waals surface area contributed by atoms with Crippen molar-refractivity contribution in [3.8, 4) is 0 Å². The van der Waals surface area contributed by atoms with Gasteiger partial charge in [0.1, 0.15) is 12.1 Å². The lowest BCUT2D eigenvalue weighted by atomic mass is 10.1. The highest BCUT2D eigenvalue weighted by Gasteiger charge is 2.34. The summed E-state index contributed by atoms with van der Waals surface area (Å²) in [4.78, 5) is 23.5.